The molecule has 3 N–H and O–H groups in total. The van der Waals surface area contributed by atoms with E-state index >= 15 is 0 Å². The van der Waals surface area contributed by atoms with E-state index in [0.717, 1.165) is 61.4 Å². The Balaban J connectivity index is 1.27. The number of pyridine rings is 1. The van der Waals surface area contributed by atoms with Gasteiger partial charge in [0.1, 0.15) is 11.6 Å². The maximum atomic E-state index is 13.1. The molecule has 0 saturated heterocycles. The Morgan fingerprint density at radius 1 is 1.00 bits per heavy atom. The average molecular weight is 485 g/mol. The van der Waals surface area contributed by atoms with Gasteiger partial charge in [0, 0.05) is 44.2 Å². The molecule has 2 aromatic heterocycles. The van der Waals surface area contributed by atoms with E-state index in [-0.39, 0.29) is 10.8 Å². The van der Waals surface area contributed by atoms with Crippen LogP contribution in [0.15, 0.2) is 59.8 Å². The first-order valence-electron chi connectivity index (χ1n) is 11.4. The summed E-state index contributed by atoms with van der Waals surface area (Å²) in [4.78, 5) is 13.4. The normalized spacial score (nSPS) is 18.4. The fourth-order valence-corrected chi connectivity index (χ4v) is 5.23. The topological polar surface area (TPSA) is 109 Å². The molecule has 4 rings (SSSR count). The molecule has 1 aromatic carbocycles. The third-order valence-electron chi connectivity index (χ3n) is 6.14. The predicted molar refractivity (Wildman–Crippen MR) is 130 cm³/mol. The number of benzene rings is 1. The van der Waals surface area contributed by atoms with Gasteiger partial charge in [0.05, 0.1) is 10.6 Å². The summed E-state index contributed by atoms with van der Waals surface area (Å²) in [7, 11) is -1.80. The Morgan fingerprint density at radius 2 is 1.71 bits per heavy atom. The SMILES string of the molecule is CNc1cc(-c2cccnc2)nc(NCC2CCC(CNS(=O)(=O)c3ccc(F)cc3)CC2)n1. The Kier molecular flexibility index (Phi) is 7.69. The standard InChI is InChI=1S/C24H29FN6O2S/c1-26-23-13-22(19-3-2-12-27-16-19)30-24(31-23)28-14-17-4-6-18(7-5-17)15-29-34(32,33)21-10-8-20(25)9-11-21/h2-3,8-13,16-18,29H,4-7,14-15H2,1H3,(H2,26,28,30,31). The number of nitrogens with zero attached hydrogens (tertiary/aromatic N) is 3. The van der Waals surface area contributed by atoms with Crippen LogP contribution in [0.2, 0.25) is 0 Å². The molecule has 0 spiro atoms. The molecular weight excluding hydrogens is 455 g/mol. The van der Waals surface area contributed by atoms with Crippen molar-refractivity contribution in [3.63, 3.8) is 0 Å². The molecule has 0 bridgehead atoms. The average Bonchev–Trinajstić information content (AvgIpc) is 2.87. The first kappa shape index (κ1) is 24.0. The van der Waals surface area contributed by atoms with E-state index in [1.54, 1.807) is 12.4 Å². The lowest BCUT2D eigenvalue weighted by Gasteiger charge is -2.28. The van der Waals surface area contributed by atoms with Gasteiger partial charge in [-0.3, -0.25) is 4.98 Å². The van der Waals surface area contributed by atoms with Crippen LogP contribution in [0.25, 0.3) is 11.3 Å². The van der Waals surface area contributed by atoms with Crippen LogP contribution in [-0.2, 0) is 10.0 Å². The molecule has 3 aromatic rings. The highest BCUT2D eigenvalue weighted by Gasteiger charge is 2.23. The van der Waals surface area contributed by atoms with Crippen molar-refractivity contribution in [2.24, 2.45) is 11.8 Å². The summed E-state index contributed by atoms with van der Waals surface area (Å²) in [5, 5.41) is 6.45. The van der Waals surface area contributed by atoms with Crippen LogP contribution < -0.4 is 15.4 Å². The van der Waals surface area contributed by atoms with Gasteiger partial charge in [-0.25, -0.2) is 22.5 Å². The van der Waals surface area contributed by atoms with Gasteiger partial charge in [0.25, 0.3) is 0 Å². The summed E-state index contributed by atoms with van der Waals surface area (Å²) < 4.78 is 40.6. The van der Waals surface area contributed by atoms with Crippen molar-refractivity contribution < 1.29 is 12.8 Å². The molecule has 8 nitrogen and oxygen atoms in total. The zero-order valence-corrected chi connectivity index (χ0v) is 19.9. The molecule has 1 aliphatic carbocycles. The monoisotopic (exact) mass is 484 g/mol. The molecule has 1 fully saturated rings. The maximum absolute atomic E-state index is 13.1. The molecule has 180 valence electrons. The predicted octanol–water partition coefficient (Wildman–Crippen LogP) is 3.92. The van der Waals surface area contributed by atoms with E-state index < -0.39 is 15.8 Å². The molecule has 0 atom stereocenters. The molecule has 1 saturated carbocycles. The minimum Gasteiger partial charge on any atom is -0.373 e. The fraction of sp³-hybridized carbons (Fsp3) is 0.375. The summed E-state index contributed by atoms with van der Waals surface area (Å²) in [5.74, 6) is 1.59. The Morgan fingerprint density at radius 3 is 2.35 bits per heavy atom. The summed E-state index contributed by atoms with van der Waals surface area (Å²) >= 11 is 0. The third kappa shape index (κ3) is 6.27. The first-order valence-corrected chi connectivity index (χ1v) is 12.9. The van der Waals surface area contributed by atoms with Gasteiger partial charge < -0.3 is 10.6 Å². The number of anilines is 2. The van der Waals surface area contributed by atoms with Crippen molar-refractivity contribution in [1.29, 1.82) is 0 Å². The molecule has 0 aliphatic heterocycles. The van der Waals surface area contributed by atoms with Crippen molar-refractivity contribution >= 4 is 21.8 Å². The van der Waals surface area contributed by atoms with Gasteiger partial charge in [-0.1, -0.05) is 0 Å². The van der Waals surface area contributed by atoms with Crippen molar-refractivity contribution in [3.05, 3.63) is 60.7 Å². The zero-order valence-electron chi connectivity index (χ0n) is 19.0. The highest BCUT2D eigenvalue weighted by Crippen LogP contribution is 2.29. The zero-order chi connectivity index (χ0) is 24.0. The van der Waals surface area contributed by atoms with Crippen LogP contribution in [0.1, 0.15) is 25.7 Å². The van der Waals surface area contributed by atoms with Crippen LogP contribution in [0.3, 0.4) is 0 Å². The number of aromatic nitrogens is 3. The van der Waals surface area contributed by atoms with E-state index in [0.29, 0.717) is 18.4 Å². The quantitative estimate of drug-likeness (QED) is 0.422. The molecule has 2 heterocycles. The molecular formula is C24H29FN6O2S. The van der Waals surface area contributed by atoms with Crippen molar-refractivity contribution in [2.75, 3.05) is 30.8 Å². The fourth-order valence-electron chi connectivity index (χ4n) is 4.12. The van der Waals surface area contributed by atoms with Crippen molar-refractivity contribution in [2.45, 2.75) is 30.6 Å². The lowest BCUT2D eigenvalue weighted by Crippen LogP contribution is -2.32. The molecule has 34 heavy (non-hydrogen) atoms. The van der Waals surface area contributed by atoms with Gasteiger partial charge in [-0.15, -0.1) is 0 Å². The molecule has 1 aliphatic rings. The summed E-state index contributed by atoms with van der Waals surface area (Å²) in [6.45, 7) is 1.15. The van der Waals surface area contributed by atoms with Gasteiger partial charge >= 0.3 is 0 Å². The van der Waals surface area contributed by atoms with Crippen molar-refractivity contribution in [3.8, 4) is 11.3 Å². The Hall–Kier alpha value is -3.11. The first-order chi connectivity index (χ1) is 16.4. The largest absolute Gasteiger partial charge is 0.373 e. The summed E-state index contributed by atoms with van der Waals surface area (Å²) in [5.41, 5.74) is 1.72. The minimum atomic E-state index is -3.63. The maximum Gasteiger partial charge on any atom is 0.240 e. The number of hydrogen-bond donors (Lipinski definition) is 3. The van der Waals surface area contributed by atoms with Crippen LogP contribution >= 0.6 is 0 Å². The van der Waals surface area contributed by atoms with Crippen molar-refractivity contribution in [1.82, 2.24) is 19.7 Å². The van der Waals surface area contributed by atoms with E-state index in [2.05, 4.69) is 30.3 Å². The van der Waals surface area contributed by atoms with Crippen LogP contribution in [-0.4, -0.2) is 43.5 Å². The summed E-state index contributed by atoms with van der Waals surface area (Å²) in [6, 6.07) is 10.6. The highest BCUT2D eigenvalue weighted by atomic mass is 32.2. The molecule has 0 unspecified atom stereocenters. The number of rotatable bonds is 9. The van der Waals surface area contributed by atoms with Gasteiger partial charge in [0.2, 0.25) is 16.0 Å². The van der Waals surface area contributed by atoms with Crippen LogP contribution in [0.5, 0.6) is 0 Å². The lowest BCUT2D eigenvalue weighted by atomic mass is 9.82. The van der Waals surface area contributed by atoms with E-state index in [1.165, 1.54) is 12.1 Å². The number of hydrogen-bond acceptors (Lipinski definition) is 7. The van der Waals surface area contributed by atoms with Gasteiger partial charge in [0.15, 0.2) is 0 Å². The second-order valence-corrected chi connectivity index (χ2v) is 10.3. The molecule has 10 heteroatoms. The lowest BCUT2D eigenvalue weighted by molar-refractivity contribution is 0.284. The Labute approximate surface area is 199 Å². The molecule has 0 radical (unpaired) electrons. The summed E-state index contributed by atoms with van der Waals surface area (Å²) in [6.07, 6.45) is 7.38. The highest BCUT2D eigenvalue weighted by molar-refractivity contribution is 7.89. The number of halogens is 1. The van der Waals surface area contributed by atoms with Gasteiger partial charge in [-0.05, 0) is 73.9 Å². The second kappa shape index (κ2) is 10.9. The number of nitrogens with one attached hydrogen (secondary N) is 3. The van der Waals surface area contributed by atoms with E-state index in [1.807, 2.05) is 25.2 Å². The Bertz CT molecular complexity index is 1180. The van der Waals surface area contributed by atoms with E-state index in [4.69, 9.17) is 0 Å². The smallest absolute Gasteiger partial charge is 0.240 e. The van der Waals surface area contributed by atoms with Gasteiger partial charge in [-0.2, -0.15) is 4.98 Å². The molecule has 0 amide bonds. The third-order valence-corrected chi connectivity index (χ3v) is 7.58. The second-order valence-electron chi connectivity index (χ2n) is 8.53. The number of sulfonamides is 1. The van der Waals surface area contributed by atoms with E-state index in [9.17, 15) is 12.8 Å². The van der Waals surface area contributed by atoms with Crippen LogP contribution in [0.4, 0.5) is 16.2 Å². The van der Waals surface area contributed by atoms with Crippen LogP contribution in [0, 0.1) is 17.7 Å². The minimum absolute atomic E-state index is 0.0845.